The Labute approximate surface area is 195 Å². The van der Waals surface area contributed by atoms with Gasteiger partial charge in [0.2, 0.25) is 0 Å². The van der Waals surface area contributed by atoms with Crippen LogP contribution < -0.4 is 16.4 Å². The molecule has 1 fully saturated rings. The monoisotopic (exact) mass is 457 g/mol. The van der Waals surface area contributed by atoms with Crippen molar-refractivity contribution in [2.24, 2.45) is 0 Å². The lowest BCUT2D eigenvalue weighted by molar-refractivity contribution is 0.0766. The first-order valence-corrected chi connectivity index (χ1v) is 11.0. The van der Waals surface area contributed by atoms with Gasteiger partial charge in [0, 0.05) is 30.8 Å². The number of anilines is 2. The number of fused-ring (bicyclic) bond motifs is 1. The summed E-state index contributed by atoms with van der Waals surface area (Å²) in [5, 5.41) is 5.87. The van der Waals surface area contributed by atoms with E-state index < -0.39 is 5.91 Å². The fraction of sp³-hybridized carbons (Fsp3) is 0.208. The zero-order valence-corrected chi connectivity index (χ0v) is 18.3. The van der Waals surface area contributed by atoms with Crippen molar-refractivity contribution in [3.8, 4) is 11.3 Å². The van der Waals surface area contributed by atoms with E-state index in [0.717, 1.165) is 26.1 Å². The molecule has 5 rings (SSSR count). The summed E-state index contributed by atoms with van der Waals surface area (Å²) in [6.45, 7) is 3.12. The summed E-state index contributed by atoms with van der Waals surface area (Å²) in [7, 11) is 0. The van der Waals surface area contributed by atoms with Gasteiger partial charge in [0.1, 0.15) is 5.52 Å². The molecule has 0 spiro atoms. The molecule has 1 saturated heterocycles. The third-order valence-corrected chi connectivity index (χ3v) is 5.59. The quantitative estimate of drug-likeness (QED) is 0.425. The van der Waals surface area contributed by atoms with Gasteiger partial charge in [-0.05, 0) is 37.2 Å². The summed E-state index contributed by atoms with van der Waals surface area (Å²) in [4.78, 5) is 40.2. The first kappa shape index (κ1) is 21.5. The summed E-state index contributed by atoms with van der Waals surface area (Å²) in [5.41, 5.74) is 8.81. The molecule has 0 aliphatic carbocycles. The highest BCUT2D eigenvalue weighted by molar-refractivity contribution is 6.05. The number of nitrogens with zero attached hydrogens (tertiary/aromatic N) is 4. The van der Waals surface area contributed by atoms with E-state index in [-0.39, 0.29) is 23.4 Å². The second kappa shape index (κ2) is 9.28. The molecule has 0 atom stereocenters. The van der Waals surface area contributed by atoms with Gasteiger partial charge in [-0.2, -0.15) is 4.98 Å². The van der Waals surface area contributed by atoms with E-state index >= 15 is 0 Å². The van der Waals surface area contributed by atoms with Crippen LogP contribution in [0.15, 0.2) is 59.1 Å². The van der Waals surface area contributed by atoms with Crippen molar-refractivity contribution in [1.29, 1.82) is 0 Å². The molecule has 4 aromatic rings. The first-order chi connectivity index (χ1) is 16.6. The number of hydrogen-bond acceptors (Lipinski definition) is 8. The number of oxazole rings is 1. The third kappa shape index (κ3) is 4.44. The molecule has 0 unspecified atom stereocenters. The van der Waals surface area contributed by atoms with Gasteiger partial charge in [-0.25, -0.2) is 9.97 Å². The summed E-state index contributed by atoms with van der Waals surface area (Å²) < 4.78 is 5.54. The van der Waals surface area contributed by atoms with Gasteiger partial charge in [-0.1, -0.05) is 24.3 Å². The van der Waals surface area contributed by atoms with Crippen molar-refractivity contribution >= 4 is 34.7 Å². The van der Waals surface area contributed by atoms with Crippen LogP contribution in [0.25, 0.3) is 22.4 Å². The van der Waals surface area contributed by atoms with Crippen LogP contribution in [0.5, 0.6) is 0 Å². The molecule has 1 aliphatic rings. The Bertz CT molecular complexity index is 1310. The average Bonchev–Trinajstić information content (AvgIpc) is 3.07. The van der Waals surface area contributed by atoms with Crippen molar-refractivity contribution in [2.75, 3.05) is 37.2 Å². The summed E-state index contributed by atoms with van der Waals surface area (Å²) in [6.07, 6.45) is 2.42. The molecule has 34 heavy (non-hydrogen) atoms. The molecule has 0 radical (unpaired) electrons. The Morgan fingerprint density at radius 3 is 2.68 bits per heavy atom. The maximum atomic E-state index is 12.8. The Morgan fingerprint density at radius 1 is 1.03 bits per heavy atom. The average molecular weight is 457 g/mol. The van der Waals surface area contributed by atoms with Crippen LogP contribution in [-0.2, 0) is 0 Å². The van der Waals surface area contributed by atoms with Gasteiger partial charge in [-0.3, -0.25) is 14.9 Å². The fourth-order valence-electron chi connectivity index (χ4n) is 3.80. The van der Waals surface area contributed by atoms with Crippen molar-refractivity contribution in [2.45, 2.75) is 6.42 Å². The van der Waals surface area contributed by atoms with E-state index in [1.165, 1.54) is 6.20 Å². The Hall–Kier alpha value is -4.31. The van der Waals surface area contributed by atoms with E-state index in [4.69, 9.17) is 10.2 Å². The van der Waals surface area contributed by atoms with Crippen molar-refractivity contribution in [3.05, 3.63) is 66.0 Å². The molecule has 2 aromatic heterocycles. The van der Waals surface area contributed by atoms with Crippen molar-refractivity contribution in [1.82, 2.24) is 25.2 Å². The molecule has 172 valence electrons. The number of amides is 2. The molecule has 4 N–H and O–H groups in total. The fourth-order valence-corrected chi connectivity index (χ4v) is 3.80. The minimum atomic E-state index is -0.583. The number of rotatable bonds is 4. The Morgan fingerprint density at radius 2 is 1.85 bits per heavy atom. The molecule has 10 heteroatoms. The zero-order chi connectivity index (χ0) is 23.5. The minimum absolute atomic E-state index is 0.00274. The number of nitrogens with one attached hydrogen (secondary N) is 2. The van der Waals surface area contributed by atoms with E-state index in [1.807, 2.05) is 17.0 Å². The van der Waals surface area contributed by atoms with Gasteiger partial charge < -0.3 is 20.4 Å². The Kier molecular flexibility index (Phi) is 5.88. The summed E-state index contributed by atoms with van der Waals surface area (Å²) >= 11 is 0. The van der Waals surface area contributed by atoms with Crippen LogP contribution in [0.3, 0.4) is 0 Å². The molecule has 1 aliphatic heterocycles. The number of nitrogen functional groups attached to an aromatic ring is 1. The number of carbonyl (C=O) groups excluding carboxylic acids is 2. The second-order valence-corrected chi connectivity index (χ2v) is 7.90. The highest BCUT2D eigenvalue weighted by Gasteiger charge is 2.19. The van der Waals surface area contributed by atoms with E-state index in [0.29, 0.717) is 34.5 Å². The third-order valence-electron chi connectivity index (χ3n) is 5.59. The van der Waals surface area contributed by atoms with Crippen LogP contribution >= 0.6 is 0 Å². The number of para-hydroxylation sites is 2. The lowest BCUT2D eigenvalue weighted by Gasteiger charge is -2.20. The molecule has 3 heterocycles. The number of benzene rings is 2. The number of hydrogen-bond donors (Lipinski definition) is 3. The number of nitrogens with two attached hydrogens (primary N) is 1. The lowest BCUT2D eigenvalue weighted by atomic mass is 10.1. The zero-order valence-electron chi connectivity index (χ0n) is 18.3. The molecule has 0 saturated carbocycles. The predicted octanol–water partition coefficient (Wildman–Crippen LogP) is 2.55. The van der Waals surface area contributed by atoms with E-state index in [1.54, 1.807) is 36.4 Å². The normalized spacial score (nSPS) is 14.1. The highest BCUT2D eigenvalue weighted by Crippen LogP contribution is 2.22. The molecule has 2 amide bonds. The van der Waals surface area contributed by atoms with Crippen molar-refractivity contribution < 1.29 is 14.0 Å². The van der Waals surface area contributed by atoms with Gasteiger partial charge in [-0.15, -0.1) is 0 Å². The van der Waals surface area contributed by atoms with Gasteiger partial charge >= 0.3 is 6.01 Å². The van der Waals surface area contributed by atoms with Crippen LogP contribution in [0, 0.1) is 0 Å². The first-order valence-electron chi connectivity index (χ1n) is 11.0. The minimum Gasteiger partial charge on any atom is -0.423 e. The van der Waals surface area contributed by atoms with Crippen LogP contribution in [-0.4, -0.2) is 57.8 Å². The SMILES string of the molecule is Nc1ncc(-c2ccc(C(=O)N3CCCNCC3)cc2)nc1C(=O)Nc1nc2ccccc2o1. The van der Waals surface area contributed by atoms with Crippen LogP contribution in [0.1, 0.15) is 27.3 Å². The summed E-state index contributed by atoms with van der Waals surface area (Å²) in [6, 6.07) is 14.3. The number of aromatic nitrogens is 3. The van der Waals surface area contributed by atoms with Gasteiger partial charge in [0.25, 0.3) is 11.8 Å². The number of carbonyl (C=O) groups is 2. The van der Waals surface area contributed by atoms with Gasteiger partial charge in [0.05, 0.1) is 11.9 Å². The maximum Gasteiger partial charge on any atom is 0.302 e. The maximum absolute atomic E-state index is 12.8. The molecular formula is C24H23N7O3. The molecule has 2 aromatic carbocycles. The Balaban J connectivity index is 1.34. The molecule has 0 bridgehead atoms. The molecule has 10 nitrogen and oxygen atoms in total. The summed E-state index contributed by atoms with van der Waals surface area (Å²) in [5.74, 6) is -0.601. The largest absolute Gasteiger partial charge is 0.423 e. The molecular weight excluding hydrogens is 434 g/mol. The van der Waals surface area contributed by atoms with Crippen LogP contribution in [0.4, 0.5) is 11.8 Å². The second-order valence-electron chi connectivity index (χ2n) is 7.90. The topological polar surface area (TPSA) is 139 Å². The highest BCUT2D eigenvalue weighted by atomic mass is 16.4. The predicted molar refractivity (Wildman–Crippen MR) is 127 cm³/mol. The smallest absolute Gasteiger partial charge is 0.302 e. The van der Waals surface area contributed by atoms with Crippen LogP contribution in [0.2, 0.25) is 0 Å². The van der Waals surface area contributed by atoms with Gasteiger partial charge in [0.15, 0.2) is 17.1 Å². The standard InChI is InChI=1S/C24H23N7O3/c25-21-20(22(32)30-24-29-17-4-1-2-5-19(17)34-24)28-18(14-27-21)15-6-8-16(9-7-15)23(33)31-12-3-10-26-11-13-31/h1-2,4-9,14,26H,3,10-13H2,(H2,25,27)(H,29,30,32). The van der Waals surface area contributed by atoms with Crippen molar-refractivity contribution in [3.63, 3.8) is 0 Å². The lowest BCUT2D eigenvalue weighted by Crippen LogP contribution is -2.34. The van der Waals surface area contributed by atoms with E-state index in [9.17, 15) is 9.59 Å². The van der Waals surface area contributed by atoms with E-state index in [2.05, 4.69) is 25.6 Å².